The monoisotopic (exact) mass is 261 g/mol. The fraction of sp³-hybridized carbons (Fsp3) is 0.200. The minimum Gasteiger partial charge on any atom is -0.507 e. The number of phenols is 1. The van der Waals surface area contributed by atoms with E-state index in [1.54, 1.807) is 49.2 Å². The van der Waals surface area contributed by atoms with Crippen LogP contribution >= 0.6 is 0 Å². The molecule has 2 N–H and O–H groups in total. The fourth-order valence-corrected chi connectivity index (χ4v) is 1.96. The molecule has 4 heteroatoms. The highest BCUT2D eigenvalue weighted by Crippen LogP contribution is 2.32. The molecule has 19 heavy (non-hydrogen) atoms. The standard InChI is InChI=1S/C15H16FNO2/c1-10(18)12-8-7-11(9-15(12)19)17(2)14-6-4-3-5-13(14)16/h3-10,18-19H,1-2H3. The van der Waals surface area contributed by atoms with Crippen LogP contribution in [0.1, 0.15) is 18.6 Å². The van der Waals surface area contributed by atoms with E-state index >= 15 is 0 Å². The molecule has 0 bridgehead atoms. The van der Waals surface area contributed by atoms with Crippen molar-refractivity contribution in [2.24, 2.45) is 0 Å². The number of rotatable bonds is 3. The second-order valence-corrected chi connectivity index (χ2v) is 4.43. The van der Waals surface area contributed by atoms with E-state index in [0.29, 0.717) is 16.9 Å². The van der Waals surface area contributed by atoms with Crippen molar-refractivity contribution in [1.82, 2.24) is 0 Å². The number of halogens is 1. The molecule has 2 aromatic carbocycles. The summed E-state index contributed by atoms with van der Waals surface area (Å²) in [6.45, 7) is 1.58. The van der Waals surface area contributed by atoms with Gasteiger partial charge in [-0.05, 0) is 25.1 Å². The summed E-state index contributed by atoms with van der Waals surface area (Å²) in [5.41, 5.74) is 1.52. The van der Waals surface area contributed by atoms with Gasteiger partial charge in [0.15, 0.2) is 0 Å². The number of phenolic OH excluding ortho intramolecular Hbond substituents is 1. The Bertz CT molecular complexity index is 584. The van der Waals surface area contributed by atoms with Crippen molar-refractivity contribution in [2.75, 3.05) is 11.9 Å². The second-order valence-electron chi connectivity index (χ2n) is 4.43. The number of aliphatic hydroxyl groups excluding tert-OH is 1. The van der Waals surface area contributed by atoms with Crippen molar-refractivity contribution in [3.63, 3.8) is 0 Å². The van der Waals surface area contributed by atoms with Crippen LogP contribution in [0.15, 0.2) is 42.5 Å². The Hall–Kier alpha value is -2.07. The molecule has 2 aromatic rings. The molecule has 0 saturated heterocycles. The van der Waals surface area contributed by atoms with E-state index in [9.17, 15) is 14.6 Å². The normalized spacial score (nSPS) is 12.2. The van der Waals surface area contributed by atoms with Gasteiger partial charge in [0.05, 0.1) is 11.8 Å². The summed E-state index contributed by atoms with van der Waals surface area (Å²) in [6.07, 6.45) is -0.743. The highest BCUT2D eigenvalue weighted by molar-refractivity contribution is 5.65. The predicted molar refractivity (Wildman–Crippen MR) is 73.2 cm³/mol. The molecule has 0 spiro atoms. The first-order valence-corrected chi connectivity index (χ1v) is 6.00. The number of benzene rings is 2. The van der Waals surface area contributed by atoms with Crippen molar-refractivity contribution < 1.29 is 14.6 Å². The first-order chi connectivity index (χ1) is 9.00. The van der Waals surface area contributed by atoms with Crippen molar-refractivity contribution in [3.05, 3.63) is 53.8 Å². The topological polar surface area (TPSA) is 43.7 Å². The van der Waals surface area contributed by atoms with Crippen molar-refractivity contribution in [2.45, 2.75) is 13.0 Å². The summed E-state index contributed by atoms with van der Waals surface area (Å²) in [4.78, 5) is 1.64. The van der Waals surface area contributed by atoms with Crippen molar-refractivity contribution in [1.29, 1.82) is 0 Å². The summed E-state index contributed by atoms with van der Waals surface area (Å²) < 4.78 is 13.7. The summed E-state index contributed by atoms with van der Waals surface area (Å²) in [5, 5.41) is 19.3. The number of aromatic hydroxyl groups is 1. The van der Waals surface area contributed by atoms with E-state index in [1.165, 1.54) is 12.1 Å². The Balaban J connectivity index is 2.38. The molecule has 0 aliphatic rings. The van der Waals surface area contributed by atoms with Crippen LogP contribution in [0.3, 0.4) is 0 Å². The van der Waals surface area contributed by atoms with Crippen LogP contribution in [0, 0.1) is 5.82 Å². The third kappa shape index (κ3) is 2.69. The van der Waals surface area contributed by atoms with E-state index in [4.69, 9.17) is 0 Å². The third-order valence-electron chi connectivity index (χ3n) is 3.07. The van der Waals surface area contributed by atoms with Gasteiger partial charge in [-0.25, -0.2) is 4.39 Å². The highest BCUT2D eigenvalue weighted by Gasteiger charge is 2.12. The highest BCUT2D eigenvalue weighted by atomic mass is 19.1. The van der Waals surface area contributed by atoms with Gasteiger partial charge in [-0.1, -0.05) is 18.2 Å². The van der Waals surface area contributed by atoms with Gasteiger partial charge in [0.2, 0.25) is 0 Å². The average molecular weight is 261 g/mol. The van der Waals surface area contributed by atoms with Gasteiger partial charge in [0, 0.05) is 24.4 Å². The van der Waals surface area contributed by atoms with Crippen LogP contribution in [-0.4, -0.2) is 17.3 Å². The zero-order valence-corrected chi connectivity index (χ0v) is 10.8. The molecule has 0 aromatic heterocycles. The number of aliphatic hydroxyl groups is 1. The van der Waals surface area contributed by atoms with Gasteiger partial charge in [-0.3, -0.25) is 0 Å². The largest absolute Gasteiger partial charge is 0.507 e. The summed E-state index contributed by atoms with van der Waals surface area (Å²) in [5.74, 6) is -0.334. The van der Waals surface area contributed by atoms with Gasteiger partial charge in [0.25, 0.3) is 0 Å². The van der Waals surface area contributed by atoms with E-state index in [2.05, 4.69) is 0 Å². The average Bonchev–Trinajstić information content (AvgIpc) is 2.38. The Labute approximate surface area is 111 Å². The molecule has 1 atom stereocenters. The minimum atomic E-state index is -0.743. The number of hydrogen-bond donors (Lipinski definition) is 2. The van der Waals surface area contributed by atoms with Crippen LogP contribution in [-0.2, 0) is 0 Å². The predicted octanol–water partition coefficient (Wildman–Crippen LogP) is 3.35. The Morgan fingerprint density at radius 1 is 1.16 bits per heavy atom. The van der Waals surface area contributed by atoms with E-state index in [1.807, 2.05) is 0 Å². The summed E-state index contributed by atoms with van der Waals surface area (Å²) in [7, 11) is 1.72. The van der Waals surface area contributed by atoms with Gasteiger partial charge < -0.3 is 15.1 Å². The maximum Gasteiger partial charge on any atom is 0.146 e. The van der Waals surface area contributed by atoms with Gasteiger partial charge in [-0.15, -0.1) is 0 Å². The molecule has 0 saturated carbocycles. The smallest absolute Gasteiger partial charge is 0.146 e. The van der Waals surface area contributed by atoms with E-state index in [0.717, 1.165) is 0 Å². The molecular formula is C15H16FNO2. The van der Waals surface area contributed by atoms with E-state index in [-0.39, 0.29) is 11.6 Å². The van der Waals surface area contributed by atoms with Crippen molar-refractivity contribution >= 4 is 11.4 Å². The lowest BCUT2D eigenvalue weighted by atomic mass is 10.1. The quantitative estimate of drug-likeness (QED) is 0.890. The van der Waals surface area contributed by atoms with Crippen LogP contribution < -0.4 is 4.90 Å². The first kappa shape index (κ1) is 13.4. The molecule has 0 fully saturated rings. The van der Waals surface area contributed by atoms with E-state index < -0.39 is 6.10 Å². The van der Waals surface area contributed by atoms with Crippen LogP contribution in [0.5, 0.6) is 5.75 Å². The number of nitrogens with zero attached hydrogens (tertiary/aromatic N) is 1. The lowest BCUT2D eigenvalue weighted by Gasteiger charge is -2.21. The second kappa shape index (κ2) is 5.28. The maximum absolute atomic E-state index is 13.7. The number of para-hydroxylation sites is 1. The Kier molecular flexibility index (Phi) is 3.71. The molecule has 0 aliphatic carbocycles. The van der Waals surface area contributed by atoms with Crippen LogP contribution in [0.25, 0.3) is 0 Å². The lowest BCUT2D eigenvalue weighted by Crippen LogP contribution is -2.11. The molecule has 100 valence electrons. The molecule has 0 aliphatic heterocycles. The van der Waals surface area contributed by atoms with Crippen LogP contribution in [0.2, 0.25) is 0 Å². The van der Waals surface area contributed by atoms with Crippen molar-refractivity contribution in [3.8, 4) is 5.75 Å². The fourth-order valence-electron chi connectivity index (χ4n) is 1.96. The SMILES string of the molecule is CC(O)c1ccc(N(C)c2ccccc2F)cc1O. The van der Waals surface area contributed by atoms with Gasteiger partial charge >= 0.3 is 0 Å². The lowest BCUT2D eigenvalue weighted by molar-refractivity contribution is 0.195. The van der Waals surface area contributed by atoms with Crippen LogP contribution in [0.4, 0.5) is 15.8 Å². The molecular weight excluding hydrogens is 245 g/mol. The first-order valence-electron chi connectivity index (χ1n) is 6.00. The molecule has 1 unspecified atom stereocenters. The molecule has 2 rings (SSSR count). The zero-order valence-electron chi connectivity index (χ0n) is 10.8. The third-order valence-corrected chi connectivity index (χ3v) is 3.07. The summed E-state index contributed by atoms with van der Waals surface area (Å²) in [6, 6.07) is 11.3. The zero-order chi connectivity index (χ0) is 14.0. The number of hydrogen-bond acceptors (Lipinski definition) is 3. The summed E-state index contributed by atoms with van der Waals surface area (Å²) >= 11 is 0. The molecule has 0 amide bonds. The Morgan fingerprint density at radius 2 is 1.84 bits per heavy atom. The Morgan fingerprint density at radius 3 is 2.42 bits per heavy atom. The number of anilines is 2. The maximum atomic E-state index is 13.7. The van der Waals surface area contributed by atoms with Gasteiger partial charge in [-0.2, -0.15) is 0 Å². The molecule has 0 radical (unpaired) electrons. The minimum absolute atomic E-state index is 0.00399. The molecule has 0 heterocycles. The molecule has 3 nitrogen and oxygen atoms in total. The van der Waals surface area contributed by atoms with Gasteiger partial charge in [0.1, 0.15) is 11.6 Å².